The molecule has 0 bridgehead atoms. The molecule has 384 valence electrons. The van der Waals surface area contributed by atoms with Gasteiger partial charge >= 0.3 is 0 Å². The first-order chi connectivity index (χ1) is 36.9. The van der Waals surface area contributed by atoms with Crippen LogP contribution in [0.3, 0.4) is 0 Å². The second-order valence-electron chi connectivity index (χ2n) is 28.8. The highest BCUT2D eigenvalue weighted by Gasteiger charge is 2.30. The van der Waals surface area contributed by atoms with E-state index < -0.39 is 0 Å². The van der Waals surface area contributed by atoms with Crippen LogP contribution in [0.1, 0.15) is 156 Å². The Morgan fingerprint density at radius 1 is 0.244 bits per heavy atom. The number of hydrogen-bond donors (Lipinski definition) is 0. The summed E-state index contributed by atoms with van der Waals surface area (Å²) in [5.74, 6) is 0.604. The Labute approximate surface area is 459 Å². The molecular formula is C78H72. The third-order valence-corrected chi connectivity index (χ3v) is 19.1. The predicted molar refractivity (Wildman–Crippen MR) is 347 cm³/mol. The Kier molecular flexibility index (Phi) is 9.39. The summed E-state index contributed by atoms with van der Waals surface area (Å²) in [6.45, 7) is 38.0. The monoisotopic (exact) mass is 1010 g/mol. The van der Waals surface area contributed by atoms with Gasteiger partial charge in [0, 0.05) is 0 Å². The Balaban J connectivity index is 1.03. The second-order valence-corrected chi connectivity index (χ2v) is 28.8. The molecule has 0 saturated heterocycles. The minimum atomic E-state index is 0.0144. The number of rotatable bonds is 3. The molecule has 78 heavy (non-hydrogen) atoms. The maximum absolute atomic E-state index is 2.63. The average Bonchev–Trinajstić information content (AvgIpc) is 2.72. The second kappa shape index (κ2) is 15.3. The van der Waals surface area contributed by atoms with Gasteiger partial charge in [-0.05, 0) is 242 Å². The quantitative estimate of drug-likeness (QED) is 0.122. The van der Waals surface area contributed by atoms with E-state index in [0.717, 1.165) is 0 Å². The van der Waals surface area contributed by atoms with Crippen molar-refractivity contribution in [1.82, 2.24) is 0 Å². The molecule has 0 unspecified atom stereocenters. The summed E-state index contributed by atoms with van der Waals surface area (Å²) in [6.07, 6.45) is 0. The van der Waals surface area contributed by atoms with Gasteiger partial charge in [-0.1, -0.05) is 220 Å². The van der Waals surface area contributed by atoms with Crippen molar-refractivity contribution < 1.29 is 0 Å². The fourth-order valence-corrected chi connectivity index (χ4v) is 15.1. The zero-order chi connectivity index (χ0) is 54.3. The molecule has 0 fully saturated rings. The van der Waals surface area contributed by atoms with E-state index in [9.17, 15) is 0 Å². The molecule has 0 radical (unpaired) electrons. The van der Waals surface area contributed by atoms with E-state index in [1.165, 1.54) is 185 Å². The first-order valence-electron chi connectivity index (χ1n) is 29.1. The molecule has 0 spiro atoms. The van der Waals surface area contributed by atoms with Gasteiger partial charge < -0.3 is 0 Å². The van der Waals surface area contributed by atoms with E-state index >= 15 is 0 Å². The molecular weight excluding hydrogens is 937 g/mol. The van der Waals surface area contributed by atoms with Crippen molar-refractivity contribution in [2.75, 3.05) is 0 Å². The Morgan fingerprint density at radius 2 is 0.577 bits per heavy atom. The lowest BCUT2D eigenvalue weighted by molar-refractivity contribution is 0.569. The van der Waals surface area contributed by atoms with Crippen molar-refractivity contribution in [3.8, 4) is 11.1 Å². The molecule has 0 aliphatic heterocycles. The topological polar surface area (TPSA) is 0 Å². The Morgan fingerprint density at radius 3 is 1.00 bits per heavy atom. The van der Waals surface area contributed by atoms with E-state index in [2.05, 4.69) is 244 Å². The Bertz CT molecular complexity index is 4810. The van der Waals surface area contributed by atoms with Crippen molar-refractivity contribution in [3.63, 3.8) is 0 Å². The highest BCUT2D eigenvalue weighted by atomic mass is 14.3. The van der Waals surface area contributed by atoms with Gasteiger partial charge in [0.2, 0.25) is 0 Å². The largest absolute Gasteiger partial charge is 0.0610 e. The fraction of sp³-hybridized carbons (Fsp3) is 0.282. The molecule has 0 N–H and O–H groups in total. The van der Waals surface area contributed by atoms with Gasteiger partial charge in [-0.2, -0.15) is 0 Å². The van der Waals surface area contributed by atoms with Crippen LogP contribution in [0, 0.1) is 0 Å². The van der Waals surface area contributed by atoms with Crippen molar-refractivity contribution in [2.24, 2.45) is 0 Å². The molecule has 0 aliphatic carbocycles. The van der Waals surface area contributed by atoms with E-state index in [-0.39, 0.29) is 21.7 Å². The maximum Gasteiger partial charge on any atom is -0.00137 e. The van der Waals surface area contributed by atoms with Crippen LogP contribution < -0.4 is 0 Å². The molecule has 0 aromatic heterocycles. The molecule has 0 atom stereocenters. The third-order valence-electron chi connectivity index (χ3n) is 19.1. The fourth-order valence-electron chi connectivity index (χ4n) is 15.1. The summed E-state index contributed by atoms with van der Waals surface area (Å²) in [7, 11) is 0. The molecule has 0 heterocycles. The highest BCUT2D eigenvalue weighted by Crippen LogP contribution is 2.55. The summed E-state index contributed by atoms with van der Waals surface area (Å²) in [5.41, 5.74) is 11.2. The molecule has 15 rings (SSSR count). The van der Waals surface area contributed by atoms with Crippen LogP contribution in [0.15, 0.2) is 133 Å². The summed E-state index contributed by atoms with van der Waals surface area (Å²) in [4.78, 5) is 0. The lowest BCUT2D eigenvalue weighted by atomic mass is 9.78. The van der Waals surface area contributed by atoms with Crippen molar-refractivity contribution in [3.05, 3.63) is 167 Å². The zero-order valence-electron chi connectivity index (χ0n) is 48.9. The van der Waals surface area contributed by atoms with Crippen LogP contribution in [0.2, 0.25) is 0 Å². The molecule has 0 heteroatoms. The average molecular weight is 1010 g/mol. The number of benzene rings is 13. The summed E-state index contributed by atoms with van der Waals surface area (Å²) >= 11 is 0. The van der Waals surface area contributed by atoms with Crippen molar-refractivity contribution in [2.45, 2.75) is 144 Å². The smallest absolute Gasteiger partial charge is 0.00137 e. The molecule has 0 nitrogen and oxygen atoms in total. The van der Waals surface area contributed by atoms with Gasteiger partial charge in [-0.3, -0.25) is 0 Å². The predicted octanol–water partition coefficient (Wildman–Crippen LogP) is 23.5. The van der Waals surface area contributed by atoms with Gasteiger partial charge in [0.15, 0.2) is 0 Å². The third kappa shape index (κ3) is 6.30. The van der Waals surface area contributed by atoms with Gasteiger partial charge in [0.1, 0.15) is 0 Å². The van der Waals surface area contributed by atoms with Crippen molar-refractivity contribution >= 4 is 140 Å². The normalized spacial score (nSPS) is 13.9. The van der Waals surface area contributed by atoms with Gasteiger partial charge in [-0.15, -0.1) is 0 Å². The van der Waals surface area contributed by atoms with E-state index in [1.807, 2.05) is 0 Å². The van der Waals surface area contributed by atoms with Crippen LogP contribution in [-0.2, 0) is 21.7 Å². The van der Waals surface area contributed by atoms with E-state index in [4.69, 9.17) is 0 Å². The Hall–Kier alpha value is -7.28. The lowest BCUT2D eigenvalue weighted by Gasteiger charge is -2.26. The van der Waals surface area contributed by atoms with Crippen LogP contribution >= 0.6 is 0 Å². The van der Waals surface area contributed by atoms with Gasteiger partial charge in [0.25, 0.3) is 0 Å². The van der Waals surface area contributed by atoms with Crippen LogP contribution in [-0.4, -0.2) is 0 Å². The van der Waals surface area contributed by atoms with E-state index in [1.54, 1.807) is 0 Å². The lowest BCUT2D eigenvalue weighted by Crippen LogP contribution is -2.16. The van der Waals surface area contributed by atoms with Gasteiger partial charge in [0.05, 0.1) is 0 Å². The first-order valence-corrected chi connectivity index (χ1v) is 29.1. The molecule has 0 saturated carbocycles. The zero-order valence-corrected chi connectivity index (χ0v) is 48.9. The summed E-state index contributed by atoms with van der Waals surface area (Å²) < 4.78 is 0. The SMILES string of the molecule is CC(C)c1c2cc3c(cc2c(C(C)C)c2c4ccc5c6cc(C(C)(C)C)cc7cc(C(C)(C)C)cc(c8ccc(c12)c4c85)c76)c1ccc2c4ccc(-c5cc(C(C)(C)C)cc(C(C)(C)C)c5)c5cccc(c6ccc3c1c62)c54. The molecule has 0 amide bonds. The molecule has 0 aliphatic rings. The number of fused-ring (bicyclic) bond motifs is 11. The highest BCUT2D eigenvalue weighted by molar-refractivity contribution is 6.46. The minimum absolute atomic E-state index is 0.0144. The van der Waals surface area contributed by atoms with Gasteiger partial charge in [-0.25, -0.2) is 0 Å². The first kappa shape index (κ1) is 47.9. The molecule has 15 aromatic rings. The number of hydrogen-bond acceptors (Lipinski definition) is 0. The summed E-state index contributed by atoms with van der Waals surface area (Å²) in [6, 6.07) is 54.5. The van der Waals surface area contributed by atoms with Crippen LogP contribution in [0.4, 0.5) is 0 Å². The maximum atomic E-state index is 2.63. The standard InChI is InChI=1S/C78H72/c1-39(2)65-63-37-59-53-24-22-51-49-19-17-18-48-47(41-30-43(75(5,6)7)34-44(31-41)76(8,9)10)20-21-50(68(48)49)52-23-25-54(70(53)69(51)52)60(59)38-64(63)66(40(3)4)74-58-29-27-56-62-36-46(78(14,15)16)33-42-32-45(77(11,12)13)35-61(67(42)62)55-26-28-57(73(65)74)72(58)71(55)56/h17-40H,1-16H3. The summed E-state index contributed by atoms with van der Waals surface area (Å²) in [5, 5.41) is 36.0. The van der Waals surface area contributed by atoms with Crippen LogP contribution in [0.25, 0.3) is 151 Å². The van der Waals surface area contributed by atoms with Crippen LogP contribution in [0.5, 0.6) is 0 Å². The van der Waals surface area contributed by atoms with E-state index in [0.29, 0.717) is 11.8 Å². The minimum Gasteiger partial charge on any atom is -0.0610 e. The van der Waals surface area contributed by atoms with Crippen molar-refractivity contribution in [1.29, 1.82) is 0 Å². The molecule has 15 aromatic carbocycles.